The van der Waals surface area contributed by atoms with Gasteiger partial charge in [0, 0.05) is 25.8 Å². The molecule has 0 radical (unpaired) electrons. The summed E-state index contributed by atoms with van der Waals surface area (Å²) in [5, 5.41) is 12.3. The van der Waals surface area contributed by atoms with Crippen LogP contribution in [0.3, 0.4) is 0 Å². The quantitative estimate of drug-likeness (QED) is 0.565. The van der Waals surface area contributed by atoms with E-state index in [9.17, 15) is 0 Å². The standard InChI is InChI=1S/C13H29NO2/c1-11(2)6-9-16-10-7-14-13(5-8-15)12(3)4/h11-15H,5-10H2,1-4H3. The van der Waals surface area contributed by atoms with Crippen molar-refractivity contribution < 1.29 is 9.84 Å². The third-order valence-corrected chi connectivity index (χ3v) is 2.74. The Balaban J connectivity index is 3.40. The summed E-state index contributed by atoms with van der Waals surface area (Å²) in [5.41, 5.74) is 0. The van der Waals surface area contributed by atoms with Gasteiger partial charge in [0.25, 0.3) is 0 Å². The van der Waals surface area contributed by atoms with Crippen molar-refractivity contribution in [3.8, 4) is 0 Å². The molecule has 0 fully saturated rings. The minimum atomic E-state index is 0.254. The summed E-state index contributed by atoms with van der Waals surface area (Å²) in [7, 11) is 0. The van der Waals surface area contributed by atoms with Gasteiger partial charge in [0.2, 0.25) is 0 Å². The zero-order chi connectivity index (χ0) is 12.4. The molecule has 0 rings (SSSR count). The molecule has 0 aromatic carbocycles. The molecule has 0 heterocycles. The lowest BCUT2D eigenvalue weighted by Gasteiger charge is -2.21. The highest BCUT2D eigenvalue weighted by Crippen LogP contribution is 2.05. The van der Waals surface area contributed by atoms with Crippen molar-refractivity contribution in [2.75, 3.05) is 26.4 Å². The number of rotatable bonds is 10. The third-order valence-electron chi connectivity index (χ3n) is 2.74. The summed E-state index contributed by atoms with van der Waals surface area (Å²) in [6, 6.07) is 0.402. The van der Waals surface area contributed by atoms with E-state index in [0.717, 1.165) is 32.6 Å². The van der Waals surface area contributed by atoms with E-state index in [4.69, 9.17) is 9.84 Å². The fraction of sp³-hybridized carbons (Fsp3) is 1.00. The van der Waals surface area contributed by atoms with Gasteiger partial charge in [-0.3, -0.25) is 0 Å². The molecule has 2 N–H and O–H groups in total. The molecule has 98 valence electrons. The number of ether oxygens (including phenoxy) is 1. The Hall–Kier alpha value is -0.120. The Kier molecular flexibility index (Phi) is 9.99. The first-order valence-corrected chi connectivity index (χ1v) is 6.50. The molecule has 0 spiro atoms. The maximum Gasteiger partial charge on any atom is 0.0591 e. The molecular formula is C13H29NO2. The van der Waals surface area contributed by atoms with Gasteiger partial charge in [0.1, 0.15) is 0 Å². The number of nitrogens with one attached hydrogen (secondary N) is 1. The predicted molar refractivity (Wildman–Crippen MR) is 68.6 cm³/mol. The zero-order valence-electron chi connectivity index (χ0n) is 11.3. The van der Waals surface area contributed by atoms with Crippen LogP contribution in [-0.4, -0.2) is 37.5 Å². The summed E-state index contributed by atoms with van der Waals surface area (Å²) < 4.78 is 5.53. The van der Waals surface area contributed by atoms with Crippen molar-refractivity contribution in [3.05, 3.63) is 0 Å². The second-order valence-corrected chi connectivity index (χ2v) is 5.11. The molecular weight excluding hydrogens is 202 g/mol. The summed E-state index contributed by atoms with van der Waals surface area (Å²) in [4.78, 5) is 0. The van der Waals surface area contributed by atoms with Gasteiger partial charge >= 0.3 is 0 Å². The average molecular weight is 231 g/mol. The van der Waals surface area contributed by atoms with E-state index in [2.05, 4.69) is 33.0 Å². The Morgan fingerprint density at radius 2 is 1.75 bits per heavy atom. The summed E-state index contributed by atoms with van der Waals surface area (Å²) in [5.74, 6) is 1.27. The maximum atomic E-state index is 8.92. The lowest BCUT2D eigenvalue weighted by molar-refractivity contribution is 0.120. The molecule has 0 aromatic heterocycles. The van der Waals surface area contributed by atoms with Crippen LogP contribution in [0.1, 0.15) is 40.5 Å². The van der Waals surface area contributed by atoms with Crippen LogP contribution in [0, 0.1) is 11.8 Å². The minimum Gasteiger partial charge on any atom is -0.396 e. The van der Waals surface area contributed by atoms with Crippen molar-refractivity contribution >= 4 is 0 Å². The van der Waals surface area contributed by atoms with Gasteiger partial charge in [0.15, 0.2) is 0 Å². The molecule has 0 aliphatic carbocycles. The lowest BCUT2D eigenvalue weighted by atomic mass is 10.0. The molecule has 0 aliphatic heterocycles. The first kappa shape index (κ1) is 15.9. The average Bonchev–Trinajstić information content (AvgIpc) is 2.20. The molecule has 1 atom stereocenters. The van der Waals surface area contributed by atoms with Crippen molar-refractivity contribution in [3.63, 3.8) is 0 Å². The Labute approximate surface area is 101 Å². The Morgan fingerprint density at radius 1 is 1.06 bits per heavy atom. The van der Waals surface area contributed by atoms with E-state index in [1.807, 2.05) is 0 Å². The van der Waals surface area contributed by atoms with Gasteiger partial charge in [-0.1, -0.05) is 27.7 Å². The van der Waals surface area contributed by atoms with Gasteiger partial charge in [-0.05, 0) is 24.7 Å². The highest BCUT2D eigenvalue weighted by Gasteiger charge is 2.10. The molecule has 1 unspecified atom stereocenters. The number of hydrogen-bond acceptors (Lipinski definition) is 3. The van der Waals surface area contributed by atoms with Crippen molar-refractivity contribution in [1.82, 2.24) is 5.32 Å². The Bertz CT molecular complexity index is 149. The van der Waals surface area contributed by atoms with Gasteiger partial charge in [-0.15, -0.1) is 0 Å². The fourth-order valence-corrected chi connectivity index (χ4v) is 1.55. The van der Waals surface area contributed by atoms with E-state index in [-0.39, 0.29) is 6.61 Å². The van der Waals surface area contributed by atoms with Crippen molar-refractivity contribution in [2.24, 2.45) is 11.8 Å². The van der Waals surface area contributed by atoms with Crippen LogP contribution in [0.4, 0.5) is 0 Å². The van der Waals surface area contributed by atoms with Crippen molar-refractivity contribution in [2.45, 2.75) is 46.6 Å². The van der Waals surface area contributed by atoms with Gasteiger partial charge in [-0.2, -0.15) is 0 Å². The minimum absolute atomic E-state index is 0.254. The van der Waals surface area contributed by atoms with Gasteiger partial charge < -0.3 is 15.2 Å². The van der Waals surface area contributed by atoms with E-state index in [1.54, 1.807) is 0 Å². The predicted octanol–water partition coefficient (Wildman–Crippen LogP) is 2.05. The smallest absolute Gasteiger partial charge is 0.0591 e. The van der Waals surface area contributed by atoms with Crippen molar-refractivity contribution in [1.29, 1.82) is 0 Å². The topological polar surface area (TPSA) is 41.5 Å². The Morgan fingerprint density at radius 3 is 2.25 bits per heavy atom. The van der Waals surface area contributed by atoms with E-state index in [1.165, 1.54) is 0 Å². The molecule has 0 aliphatic rings. The largest absolute Gasteiger partial charge is 0.396 e. The van der Waals surface area contributed by atoms with Crippen LogP contribution in [0.25, 0.3) is 0 Å². The summed E-state index contributed by atoms with van der Waals surface area (Å²) >= 11 is 0. The number of aliphatic hydroxyl groups is 1. The highest BCUT2D eigenvalue weighted by molar-refractivity contribution is 4.69. The molecule has 16 heavy (non-hydrogen) atoms. The number of aliphatic hydroxyl groups excluding tert-OH is 1. The van der Waals surface area contributed by atoms with Crippen LogP contribution < -0.4 is 5.32 Å². The molecule has 0 aromatic rings. The van der Waals surface area contributed by atoms with Gasteiger partial charge in [0.05, 0.1) is 6.61 Å². The maximum absolute atomic E-state index is 8.92. The third kappa shape index (κ3) is 9.13. The molecule has 0 saturated carbocycles. The highest BCUT2D eigenvalue weighted by atomic mass is 16.5. The summed E-state index contributed by atoms with van der Waals surface area (Å²) in [6.07, 6.45) is 1.95. The second kappa shape index (κ2) is 10.1. The molecule has 3 heteroatoms. The van der Waals surface area contributed by atoms with Gasteiger partial charge in [-0.25, -0.2) is 0 Å². The van der Waals surface area contributed by atoms with Crippen LogP contribution in [0.5, 0.6) is 0 Å². The number of hydrogen-bond donors (Lipinski definition) is 2. The second-order valence-electron chi connectivity index (χ2n) is 5.11. The van der Waals surface area contributed by atoms with Crippen LogP contribution in [0.2, 0.25) is 0 Å². The van der Waals surface area contributed by atoms with Crippen LogP contribution in [0.15, 0.2) is 0 Å². The van der Waals surface area contributed by atoms with E-state index in [0.29, 0.717) is 17.9 Å². The zero-order valence-corrected chi connectivity index (χ0v) is 11.3. The van der Waals surface area contributed by atoms with E-state index < -0.39 is 0 Å². The SMILES string of the molecule is CC(C)CCOCCNC(CCO)C(C)C. The molecule has 0 amide bonds. The summed E-state index contributed by atoms with van der Waals surface area (Å²) in [6.45, 7) is 11.5. The first-order chi connectivity index (χ1) is 7.57. The van der Waals surface area contributed by atoms with Crippen LogP contribution >= 0.6 is 0 Å². The monoisotopic (exact) mass is 231 g/mol. The van der Waals surface area contributed by atoms with Crippen LogP contribution in [-0.2, 0) is 4.74 Å². The molecule has 0 bridgehead atoms. The lowest BCUT2D eigenvalue weighted by Crippen LogP contribution is -2.36. The first-order valence-electron chi connectivity index (χ1n) is 6.50. The molecule has 3 nitrogen and oxygen atoms in total. The fourth-order valence-electron chi connectivity index (χ4n) is 1.55. The molecule has 0 saturated heterocycles. The normalized spacial score (nSPS) is 13.7. The van der Waals surface area contributed by atoms with E-state index >= 15 is 0 Å².